The molecule has 18 heavy (non-hydrogen) atoms. The Bertz CT molecular complexity index is 607. The molecule has 1 aromatic heterocycles. The predicted molar refractivity (Wildman–Crippen MR) is 66.5 cm³/mol. The topological polar surface area (TPSA) is 24.9 Å². The van der Waals surface area contributed by atoms with E-state index >= 15 is 0 Å². The number of hydrogen-bond acceptors (Lipinski definition) is 2. The minimum Gasteiger partial charge on any atom is -0.336 e. The van der Waals surface area contributed by atoms with Gasteiger partial charge in [-0.2, -0.15) is 9.37 Å². The molecule has 0 aliphatic rings. The van der Waals surface area contributed by atoms with Gasteiger partial charge in [-0.3, -0.25) is 0 Å². The van der Waals surface area contributed by atoms with Crippen molar-refractivity contribution in [2.75, 3.05) is 5.32 Å². The number of nitrogens with one attached hydrogen (secondary N) is 1. The molecule has 1 heterocycles. The summed E-state index contributed by atoms with van der Waals surface area (Å²) in [5.74, 6) is -4.17. The minimum atomic E-state index is -1.38. The maximum atomic E-state index is 13.3. The lowest BCUT2D eigenvalue weighted by molar-refractivity contribution is 0.467. The van der Waals surface area contributed by atoms with Crippen LogP contribution in [0.4, 0.5) is 24.7 Å². The molecule has 2 rings (SSSR count). The maximum absolute atomic E-state index is 13.3. The molecular formula is C11H5BrClF3N2. The quantitative estimate of drug-likeness (QED) is 0.806. The molecule has 0 fully saturated rings. The highest BCUT2D eigenvalue weighted by Crippen LogP contribution is 2.28. The summed E-state index contributed by atoms with van der Waals surface area (Å²) < 4.78 is 39.7. The van der Waals surface area contributed by atoms with E-state index in [9.17, 15) is 13.2 Å². The fraction of sp³-hybridized carbons (Fsp3) is 0. The molecule has 0 atom stereocenters. The Balaban J connectivity index is 2.37. The van der Waals surface area contributed by atoms with Crippen LogP contribution in [0.15, 0.2) is 28.7 Å². The number of aromatic nitrogens is 1. The summed E-state index contributed by atoms with van der Waals surface area (Å²) in [6.45, 7) is 0. The van der Waals surface area contributed by atoms with E-state index in [2.05, 4.69) is 26.2 Å². The second-order valence-corrected chi connectivity index (χ2v) is 4.66. The molecule has 7 heteroatoms. The molecule has 94 valence electrons. The lowest BCUT2D eigenvalue weighted by atomic mass is 10.3. The summed E-state index contributed by atoms with van der Waals surface area (Å²) in [4.78, 5) is 3.13. The number of benzene rings is 1. The Morgan fingerprint density at radius 3 is 2.50 bits per heavy atom. The molecule has 0 saturated heterocycles. The van der Waals surface area contributed by atoms with Crippen LogP contribution in [0, 0.1) is 17.6 Å². The first kappa shape index (κ1) is 13.2. The largest absolute Gasteiger partial charge is 0.336 e. The zero-order valence-electron chi connectivity index (χ0n) is 8.65. The standard InChI is InChI=1S/C11H5BrClF3N2/c12-5-1-2-9(6(13)3-5)17-11-8(15)4-7(14)10(16)18-11/h1-4H,(H,17,18). The minimum absolute atomic E-state index is 0.287. The Labute approximate surface area is 114 Å². The Morgan fingerprint density at radius 1 is 1.11 bits per heavy atom. The molecular weight excluding hydrogens is 332 g/mol. The molecule has 2 nitrogen and oxygen atoms in total. The van der Waals surface area contributed by atoms with Gasteiger partial charge >= 0.3 is 0 Å². The van der Waals surface area contributed by atoms with Crippen LogP contribution in [0.2, 0.25) is 5.02 Å². The number of pyridine rings is 1. The van der Waals surface area contributed by atoms with Crippen molar-refractivity contribution in [3.63, 3.8) is 0 Å². The average molecular weight is 338 g/mol. The monoisotopic (exact) mass is 336 g/mol. The van der Waals surface area contributed by atoms with Gasteiger partial charge in [0.05, 0.1) is 10.7 Å². The van der Waals surface area contributed by atoms with Crippen molar-refractivity contribution in [1.82, 2.24) is 4.98 Å². The van der Waals surface area contributed by atoms with Crippen molar-refractivity contribution in [2.24, 2.45) is 0 Å². The Morgan fingerprint density at radius 2 is 1.83 bits per heavy atom. The predicted octanol–water partition coefficient (Wildman–Crippen LogP) is 4.66. The van der Waals surface area contributed by atoms with E-state index in [-0.39, 0.29) is 5.02 Å². The van der Waals surface area contributed by atoms with Crippen molar-refractivity contribution >= 4 is 39.0 Å². The first-order valence-corrected chi connectivity index (χ1v) is 5.88. The molecule has 1 aromatic carbocycles. The molecule has 0 unspecified atom stereocenters. The second kappa shape index (κ2) is 5.16. The molecule has 2 aromatic rings. The van der Waals surface area contributed by atoms with Gasteiger partial charge in [-0.15, -0.1) is 0 Å². The van der Waals surface area contributed by atoms with Crippen molar-refractivity contribution in [2.45, 2.75) is 0 Å². The van der Waals surface area contributed by atoms with Crippen LogP contribution in [0.1, 0.15) is 0 Å². The van der Waals surface area contributed by atoms with Crippen LogP contribution >= 0.6 is 27.5 Å². The lowest BCUT2D eigenvalue weighted by Gasteiger charge is -2.09. The van der Waals surface area contributed by atoms with Crippen LogP contribution in [-0.4, -0.2) is 4.98 Å². The summed E-state index contributed by atoms with van der Waals surface area (Å²) in [6, 6.07) is 5.19. The van der Waals surface area contributed by atoms with Crippen molar-refractivity contribution < 1.29 is 13.2 Å². The Hall–Kier alpha value is -1.27. The van der Waals surface area contributed by atoms with Gasteiger partial charge in [-0.25, -0.2) is 8.78 Å². The Kier molecular flexibility index (Phi) is 3.77. The molecule has 0 saturated carbocycles. The van der Waals surface area contributed by atoms with Crippen LogP contribution in [0.3, 0.4) is 0 Å². The fourth-order valence-electron chi connectivity index (χ4n) is 1.25. The van der Waals surface area contributed by atoms with Gasteiger partial charge in [0.25, 0.3) is 5.95 Å². The van der Waals surface area contributed by atoms with E-state index in [1.807, 2.05) is 0 Å². The molecule has 0 radical (unpaired) electrons. The maximum Gasteiger partial charge on any atom is 0.251 e. The van der Waals surface area contributed by atoms with Crippen molar-refractivity contribution in [1.29, 1.82) is 0 Å². The summed E-state index contributed by atoms with van der Waals surface area (Å²) >= 11 is 9.10. The third-order valence-electron chi connectivity index (χ3n) is 2.07. The zero-order valence-corrected chi connectivity index (χ0v) is 11.0. The molecule has 0 amide bonds. The third-order valence-corrected chi connectivity index (χ3v) is 2.88. The summed E-state index contributed by atoms with van der Waals surface area (Å²) in [5, 5.41) is 2.78. The van der Waals surface area contributed by atoms with E-state index in [4.69, 9.17) is 11.6 Å². The number of halogens is 5. The van der Waals surface area contributed by atoms with Crippen molar-refractivity contribution in [3.05, 3.63) is 51.3 Å². The average Bonchev–Trinajstić information content (AvgIpc) is 2.29. The number of hydrogen-bond donors (Lipinski definition) is 1. The summed E-state index contributed by atoms with van der Waals surface area (Å²) in [7, 11) is 0. The number of nitrogens with zero attached hydrogens (tertiary/aromatic N) is 1. The van der Waals surface area contributed by atoms with Gasteiger partial charge in [-0.1, -0.05) is 27.5 Å². The number of rotatable bonds is 2. The van der Waals surface area contributed by atoms with Gasteiger partial charge in [0, 0.05) is 10.5 Å². The molecule has 0 spiro atoms. The van der Waals surface area contributed by atoms with Crippen LogP contribution in [0.25, 0.3) is 0 Å². The normalized spacial score (nSPS) is 10.5. The lowest BCUT2D eigenvalue weighted by Crippen LogP contribution is -2.01. The van der Waals surface area contributed by atoms with Gasteiger partial charge in [0.2, 0.25) is 0 Å². The van der Waals surface area contributed by atoms with E-state index in [1.165, 1.54) is 0 Å². The number of anilines is 2. The first-order chi connectivity index (χ1) is 8.47. The van der Waals surface area contributed by atoms with Gasteiger partial charge in [0.15, 0.2) is 17.5 Å². The van der Waals surface area contributed by atoms with E-state index in [1.54, 1.807) is 18.2 Å². The second-order valence-electron chi connectivity index (χ2n) is 3.34. The SMILES string of the molecule is Fc1cc(F)c(Nc2ccc(Br)cc2Cl)nc1F. The van der Waals surface area contributed by atoms with Gasteiger partial charge in [0.1, 0.15) is 0 Å². The summed E-state index contributed by atoms with van der Waals surface area (Å²) in [5.41, 5.74) is 0.331. The van der Waals surface area contributed by atoms with E-state index in [0.717, 1.165) is 4.47 Å². The van der Waals surface area contributed by atoms with Crippen molar-refractivity contribution in [3.8, 4) is 0 Å². The molecule has 0 bridgehead atoms. The smallest absolute Gasteiger partial charge is 0.251 e. The van der Waals surface area contributed by atoms with E-state index < -0.39 is 23.4 Å². The zero-order chi connectivity index (χ0) is 13.3. The molecule has 1 N–H and O–H groups in total. The third kappa shape index (κ3) is 2.76. The van der Waals surface area contributed by atoms with Crippen LogP contribution < -0.4 is 5.32 Å². The van der Waals surface area contributed by atoms with Gasteiger partial charge < -0.3 is 5.32 Å². The van der Waals surface area contributed by atoms with Crippen LogP contribution in [0.5, 0.6) is 0 Å². The molecule has 0 aliphatic carbocycles. The first-order valence-electron chi connectivity index (χ1n) is 4.71. The van der Waals surface area contributed by atoms with Crippen LogP contribution in [-0.2, 0) is 0 Å². The fourth-order valence-corrected chi connectivity index (χ4v) is 1.97. The molecule has 0 aliphatic heterocycles. The van der Waals surface area contributed by atoms with E-state index in [0.29, 0.717) is 11.8 Å². The van der Waals surface area contributed by atoms with Gasteiger partial charge in [-0.05, 0) is 18.2 Å². The highest BCUT2D eigenvalue weighted by Gasteiger charge is 2.12. The highest BCUT2D eigenvalue weighted by atomic mass is 79.9. The summed E-state index contributed by atoms with van der Waals surface area (Å²) in [6.07, 6.45) is 0. The highest BCUT2D eigenvalue weighted by molar-refractivity contribution is 9.10.